The number of aliphatic hydroxyl groups is 2. The summed E-state index contributed by atoms with van der Waals surface area (Å²) in [5.41, 5.74) is 3.88. The van der Waals surface area contributed by atoms with Gasteiger partial charge in [-0.1, -0.05) is 44.2 Å². The number of rotatable bonds is 9. The predicted octanol–water partition coefficient (Wildman–Crippen LogP) is 3.53. The molecule has 1 fully saturated rings. The minimum atomic E-state index is -0.310. The summed E-state index contributed by atoms with van der Waals surface area (Å²) in [6.07, 6.45) is 7.53. The van der Waals surface area contributed by atoms with Gasteiger partial charge in [0.2, 0.25) is 0 Å². The minimum Gasteiger partial charge on any atom is -0.395 e. The van der Waals surface area contributed by atoms with Crippen molar-refractivity contribution < 1.29 is 19.8 Å². The smallest absolute Gasteiger partial charge is 0.265 e. The van der Waals surface area contributed by atoms with E-state index in [0.29, 0.717) is 32.6 Å². The maximum absolute atomic E-state index is 13.3. The van der Waals surface area contributed by atoms with Crippen molar-refractivity contribution in [1.82, 2.24) is 9.80 Å². The Morgan fingerprint density at radius 3 is 2.00 bits per heavy atom. The van der Waals surface area contributed by atoms with Crippen LogP contribution >= 0.6 is 12.2 Å². The molecule has 0 saturated carbocycles. The molecule has 0 radical (unpaired) electrons. The summed E-state index contributed by atoms with van der Waals surface area (Å²) in [6.45, 7) is 9.83. The molecule has 1 saturated heterocycles. The van der Waals surface area contributed by atoms with Gasteiger partial charge < -0.3 is 15.1 Å². The number of allylic oxidation sites excluding steroid dienone is 4. The molecule has 1 aromatic carbocycles. The quantitative estimate of drug-likeness (QED) is 0.300. The van der Waals surface area contributed by atoms with Gasteiger partial charge in [0.05, 0.1) is 13.2 Å². The highest BCUT2D eigenvalue weighted by Gasteiger charge is 2.41. The third-order valence-electron chi connectivity index (χ3n) is 6.53. The second-order valence-corrected chi connectivity index (χ2v) is 10.2. The molecule has 0 aromatic heterocycles. The van der Waals surface area contributed by atoms with E-state index in [1.807, 2.05) is 61.2 Å². The fraction of sp³-hybridized carbons (Fsp3) is 0.464. The number of hydrogen-bond donors (Lipinski definition) is 2. The number of amides is 2. The number of carbonyl (C=O) groups is 2. The van der Waals surface area contributed by atoms with Crippen LogP contribution in [0, 0.1) is 5.41 Å². The van der Waals surface area contributed by atoms with Gasteiger partial charge in [-0.2, -0.15) is 0 Å². The summed E-state index contributed by atoms with van der Waals surface area (Å²) in [4.78, 5) is 31.5. The second-order valence-electron chi connectivity index (χ2n) is 9.88. The van der Waals surface area contributed by atoms with Gasteiger partial charge in [-0.25, -0.2) is 0 Å². The highest BCUT2D eigenvalue weighted by molar-refractivity contribution is 7.80. The van der Waals surface area contributed by atoms with Crippen molar-refractivity contribution >= 4 is 40.9 Å². The predicted molar refractivity (Wildman–Crippen MR) is 147 cm³/mol. The molecule has 1 aromatic rings. The third kappa shape index (κ3) is 6.11. The molecular weight excluding hydrogens is 474 g/mol. The van der Waals surface area contributed by atoms with Crippen molar-refractivity contribution in [3.63, 3.8) is 0 Å². The van der Waals surface area contributed by atoms with Crippen molar-refractivity contribution in [2.75, 3.05) is 44.3 Å². The molecule has 0 spiro atoms. The monoisotopic (exact) mass is 511 g/mol. The topological polar surface area (TPSA) is 84.3 Å². The van der Waals surface area contributed by atoms with Crippen LogP contribution < -0.4 is 4.90 Å². The Kier molecular flexibility index (Phi) is 9.22. The lowest BCUT2D eigenvalue weighted by molar-refractivity contribution is -0.133. The minimum absolute atomic E-state index is 0.0201. The molecule has 2 N–H and O–H groups in total. The lowest BCUT2D eigenvalue weighted by atomic mass is 9.73. The average molecular weight is 512 g/mol. The Morgan fingerprint density at radius 1 is 0.944 bits per heavy atom. The molecular formula is C28H37N3O4S. The standard InChI is InChI=1S/C28H37N3O4S/c1-5-30-25(34)24(26(35)31(6-2)27(30)36)22-17-21(18-28(3,4)19-22)8-7-20-9-11-23(12-10-20)29(13-15-32)14-16-33/h7-12,17,32-33H,5-6,13-16,18-19H2,1-4H3/b8-7+. The van der Waals surface area contributed by atoms with Crippen molar-refractivity contribution in [3.05, 3.63) is 58.7 Å². The Balaban J connectivity index is 1.93. The first kappa shape index (κ1) is 27.8. The molecule has 0 unspecified atom stereocenters. The third-order valence-corrected chi connectivity index (χ3v) is 6.97. The average Bonchev–Trinajstić information content (AvgIpc) is 2.82. The molecule has 194 valence electrons. The van der Waals surface area contributed by atoms with E-state index in [0.717, 1.165) is 28.8 Å². The number of hydrogen-bond acceptors (Lipinski definition) is 6. The molecule has 1 aliphatic carbocycles. The first-order valence-corrected chi connectivity index (χ1v) is 12.9. The van der Waals surface area contributed by atoms with Crippen LogP contribution in [0.2, 0.25) is 0 Å². The van der Waals surface area contributed by atoms with Gasteiger partial charge in [-0.3, -0.25) is 19.4 Å². The maximum atomic E-state index is 13.3. The number of nitrogens with zero attached hydrogens (tertiary/aromatic N) is 3. The highest BCUT2D eigenvalue weighted by atomic mass is 32.1. The molecule has 8 heteroatoms. The molecule has 0 bridgehead atoms. The van der Waals surface area contributed by atoms with E-state index >= 15 is 0 Å². The van der Waals surface area contributed by atoms with Crippen LogP contribution in [0.5, 0.6) is 0 Å². The van der Waals surface area contributed by atoms with E-state index in [2.05, 4.69) is 13.8 Å². The summed E-state index contributed by atoms with van der Waals surface area (Å²) < 4.78 is 0. The van der Waals surface area contributed by atoms with E-state index < -0.39 is 0 Å². The normalized spacial score (nSPS) is 18.4. The van der Waals surface area contributed by atoms with Crippen LogP contribution in [-0.2, 0) is 9.59 Å². The van der Waals surface area contributed by atoms with Gasteiger partial charge in [-0.05, 0) is 73.2 Å². The largest absolute Gasteiger partial charge is 0.395 e. The van der Waals surface area contributed by atoms with E-state index in [1.54, 1.807) is 0 Å². The zero-order valence-electron chi connectivity index (χ0n) is 21.7. The summed E-state index contributed by atoms with van der Waals surface area (Å²) >= 11 is 5.41. The Bertz CT molecular complexity index is 1050. The summed E-state index contributed by atoms with van der Waals surface area (Å²) in [6, 6.07) is 7.93. The van der Waals surface area contributed by atoms with Crippen LogP contribution in [0.4, 0.5) is 5.69 Å². The molecule has 2 amide bonds. The molecule has 1 heterocycles. The first-order chi connectivity index (χ1) is 17.1. The first-order valence-electron chi connectivity index (χ1n) is 12.5. The van der Waals surface area contributed by atoms with Crippen LogP contribution in [0.15, 0.2) is 53.1 Å². The Labute approximate surface area is 219 Å². The molecule has 3 rings (SSSR count). The molecule has 36 heavy (non-hydrogen) atoms. The van der Waals surface area contributed by atoms with Crippen molar-refractivity contribution in [2.24, 2.45) is 5.41 Å². The lowest BCUT2D eigenvalue weighted by Gasteiger charge is -2.38. The van der Waals surface area contributed by atoms with Gasteiger partial charge >= 0.3 is 0 Å². The summed E-state index contributed by atoms with van der Waals surface area (Å²) in [5.74, 6) is -0.620. The SMILES string of the molecule is CCN1C(=O)C(=C2C=C(/C=C/c3ccc(N(CCO)CCO)cc3)CC(C)(C)C2)C(=O)N(CC)C1=S. The summed E-state index contributed by atoms with van der Waals surface area (Å²) in [7, 11) is 0. The molecule has 7 nitrogen and oxygen atoms in total. The van der Waals surface area contributed by atoms with Crippen LogP contribution in [0.3, 0.4) is 0 Å². The number of benzene rings is 1. The van der Waals surface area contributed by atoms with Crippen molar-refractivity contribution in [3.8, 4) is 0 Å². The number of anilines is 1. The number of thiocarbonyl (C=S) groups is 1. The van der Waals surface area contributed by atoms with E-state index in [9.17, 15) is 19.8 Å². The van der Waals surface area contributed by atoms with Gasteiger partial charge in [0.25, 0.3) is 11.8 Å². The maximum Gasteiger partial charge on any atom is 0.265 e. The van der Waals surface area contributed by atoms with E-state index in [4.69, 9.17) is 12.2 Å². The van der Waals surface area contributed by atoms with Gasteiger partial charge in [0.15, 0.2) is 5.11 Å². The van der Waals surface area contributed by atoms with Gasteiger partial charge in [-0.15, -0.1) is 0 Å². The lowest BCUT2D eigenvalue weighted by Crippen LogP contribution is -2.56. The van der Waals surface area contributed by atoms with Gasteiger partial charge in [0.1, 0.15) is 5.57 Å². The Morgan fingerprint density at radius 2 is 1.50 bits per heavy atom. The summed E-state index contributed by atoms with van der Waals surface area (Å²) in [5, 5.41) is 18.8. The molecule has 0 atom stereocenters. The van der Waals surface area contributed by atoms with E-state index in [-0.39, 0.29) is 41.1 Å². The number of aliphatic hydroxyl groups excluding tert-OH is 2. The zero-order chi connectivity index (χ0) is 26.5. The Hall–Kier alpha value is -2.81. The van der Waals surface area contributed by atoms with E-state index in [1.165, 1.54) is 9.80 Å². The van der Waals surface area contributed by atoms with Gasteiger partial charge in [0, 0.05) is 31.9 Å². The van der Waals surface area contributed by atoms with Crippen LogP contribution in [-0.4, -0.2) is 76.3 Å². The molecule has 1 aliphatic heterocycles. The van der Waals surface area contributed by atoms with Crippen LogP contribution in [0.25, 0.3) is 6.08 Å². The molecule has 2 aliphatic rings. The second kappa shape index (κ2) is 12.0. The fourth-order valence-electron chi connectivity index (χ4n) is 4.85. The number of carbonyl (C=O) groups excluding carboxylic acids is 2. The number of likely N-dealkylation sites (N-methyl/N-ethyl adjacent to an activating group) is 2. The van der Waals surface area contributed by atoms with Crippen molar-refractivity contribution in [2.45, 2.75) is 40.5 Å². The zero-order valence-corrected chi connectivity index (χ0v) is 22.5. The highest BCUT2D eigenvalue weighted by Crippen LogP contribution is 2.40. The van der Waals surface area contributed by atoms with Crippen LogP contribution in [0.1, 0.15) is 46.1 Å². The fourth-order valence-corrected chi connectivity index (χ4v) is 5.27. The van der Waals surface area contributed by atoms with Crippen molar-refractivity contribution in [1.29, 1.82) is 0 Å².